The molecule has 2 fully saturated rings. The number of tetrazole rings is 1. The minimum Gasteiger partial charge on any atom is -0.377 e. The van der Waals surface area contributed by atoms with Crippen molar-refractivity contribution in [1.82, 2.24) is 30.1 Å². The molecule has 3 aromatic heterocycles. The first-order chi connectivity index (χ1) is 17.7. The Bertz CT molecular complexity index is 1370. The molecule has 6 rings (SSSR count). The molecule has 36 heavy (non-hydrogen) atoms. The first-order valence-corrected chi connectivity index (χ1v) is 13.8. The minimum atomic E-state index is -0.388. The van der Waals surface area contributed by atoms with Crippen molar-refractivity contribution in [2.24, 2.45) is 0 Å². The number of pyridine rings is 1. The van der Waals surface area contributed by atoms with Gasteiger partial charge in [-0.05, 0) is 71.5 Å². The Hall–Kier alpha value is -2.88. The number of aryl methyl sites for hydroxylation is 1. The number of thiophene rings is 1. The maximum atomic E-state index is 13.7. The third-order valence-electron chi connectivity index (χ3n) is 7.61. The molecule has 0 radical (unpaired) electrons. The van der Waals surface area contributed by atoms with E-state index in [1.807, 2.05) is 29.8 Å². The second-order valence-electron chi connectivity index (χ2n) is 10.1. The van der Waals surface area contributed by atoms with E-state index in [-0.39, 0.29) is 23.7 Å². The van der Waals surface area contributed by atoms with Gasteiger partial charge in [-0.3, -0.25) is 9.69 Å². The quantitative estimate of drug-likeness (QED) is 0.372. The van der Waals surface area contributed by atoms with Gasteiger partial charge in [0.15, 0.2) is 5.82 Å². The first kappa shape index (κ1) is 23.5. The summed E-state index contributed by atoms with van der Waals surface area (Å²) in [5.74, 6) is 0.744. The van der Waals surface area contributed by atoms with Crippen LogP contribution >= 0.6 is 11.3 Å². The molecule has 1 aliphatic heterocycles. The highest BCUT2D eigenvalue weighted by atomic mass is 32.1. The molecule has 1 saturated heterocycles. The summed E-state index contributed by atoms with van der Waals surface area (Å²) in [4.78, 5) is 20.5. The van der Waals surface area contributed by atoms with Gasteiger partial charge in [0.1, 0.15) is 6.04 Å². The third kappa shape index (κ3) is 4.63. The SMILES string of the molecule is Cc1cccc2cc([C@H](c3nnnn3C3CCCC3)N(Cc3cccs3)C[C@H]3CCCO3)c(=O)[nH]c12. The van der Waals surface area contributed by atoms with Crippen LogP contribution in [-0.4, -0.2) is 49.3 Å². The average Bonchev–Trinajstić information content (AvgIpc) is 3.68. The number of para-hydroxylation sites is 1. The van der Waals surface area contributed by atoms with Crippen LogP contribution in [0.25, 0.3) is 10.9 Å². The lowest BCUT2D eigenvalue weighted by molar-refractivity contribution is 0.0574. The molecule has 4 heterocycles. The number of nitrogens with zero attached hydrogens (tertiary/aromatic N) is 5. The summed E-state index contributed by atoms with van der Waals surface area (Å²) in [6.07, 6.45) is 6.71. The number of benzene rings is 1. The molecule has 8 nitrogen and oxygen atoms in total. The maximum absolute atomic E-state index is 13.7. The molecule has 1 aromatic carbocycles. The Labute approximate surface area is 214 Å². The summed E-state index contributed by atoms with van der Waals surface area (Å²) in [6.45, 7) is 4.23. The molecule has 0 amide bonds. The summed E-state index contributed by atoms with van der Waals surface area (Å²) in [5.41, 5.74) is 2.52. The lowest BCUT2D eigenvalue weighted by Crippen LogP contribution is -2.39. The molecule has 0 unspecified atom stereocenters. The van der Waals surface area contributed by atoms with E-state index in [2.05, 4.69) is 49.0 Å². The first-order valence-electron chi connectivity index (χ1n) is 13.0. The van der Waals surface area contributed by atoms with Crippen molar-refractivity contribution < 1.29 is 4.74 Å². The van der Waals surface area contributed by atoms with Gasteiger partial charge in [0, 0.05) is 30.1 Å². The lowest BCUT2D eigenvalue weighted by Gasteiger charge is -2.33. The number of hydrogen-bond donors (Lipinski definition) is 1. The zero-order valence-electron chi connectivity index (χ0n) is 20.6. The van der Waals surface area contributed by atoms with E-state index in [1.165, 1.54) is 17.7 Å². The van der Waals surface area contributed by atoms with Gasteiger partial charge in [0.2, 0.25) is 0 Å². The van der Waals surface area contributed by atoms with Crippen molar-refractivity contribution in [3.8, 4) is 0 Å². The molecular formula is C27H32N6O2S. The molecule has 188 valence electrons. The fraction of sp³-hybridized carbons (Fsp3) is 0.481. The molecular weight excluding hydrogens is 472 g/mol. The number of aromatic nitrogens is 5. The third-order valence-corrected chi connectivity index (χ3v) is 8.47. The van der Waals surface area contributed by atoms with Gasteiger partial charge in [-0.15, -0.1) is 16.4 Å². The molecule has 1 N–H and O–H groups in total. The van der Waals surface area contributed by atoms with Crippen LogP contribution in [0.15, 0.2) is 46.6 Å². The van der Waals surface area contributed by atoms with E-state index < -0.39 is 0 Å². The van der Waals surface area contributed by atoms with Gasteiger partial charge in [-0.2, -0.15) is 0 Å². The van der Waals surface area contributed by atoms with Gasteiger partial charge in [0.05, 0.1) is 17.7 Å². The highest BCUT2D eigenvalue weighted by molar-refractivity contribution is 7.09. The van der Waals surface area contributed by atoms with Crippen molar-refractivity contribution in [2.45, 2.75) is 70.2 Å². The second kappa shape index (κ2) is 10.2. The number of nitrogens with one attached hydrogen (secondary N) is 1. The van der Waals surface area contributed by atoms with Crippen molar-refractivity contribution in [2.75, 3.05) is 13.2 Å². The summed E-state index contributed by atoms with van der Waals surface area (Å²) < 4.78 is 8.06. The summed E-state index contributed by atoms with van der Waals surface area (Å²) in [5, 5.41) is 16.3. The van der Waals surface area contributed by atoms with E-state index in [0.29, 0.717) is 18.7 Å². The van der Waals surface area contributed by atoms with E-state index in [4.69, 9.17) is 4.74 Å². The predicted octanol–water partition coefficient (Wildman–Crippen LogP) is 4.77. The number of hydrogen-bond acceptors (Lipinski definition) is 7. The molecule has 4 aromatic rings. The standard InChI is InChI=1S/C27H32N6O2S/c1-18-7-4-8-19-15-23(27(34)28-24(18)19)25(26-29-30-31-33(26)20-9-2-3-10-20)32(16-21-11-5-13-35-21)17-22-12-6-14-36-22/h4,6-8,12,14-15,20-21,25H,2-3,5,9-11,13,16-17H2,1H3,(H,28,34)/t21-,25-/m1/s1. The zero-order chi connectivity index (χ0) is 24.5. The number of aromatic amines is 1. The molecule has 2 atom stereocenters. The van der Waals surface area contributed by atoms with Crippen molar-refractivity contribution >= 4 is 22.2 Å². The topological polar surface area (TPSA) is 88.9 Å². The number of fused-ring (bicyclic) bond motifs is 1. The van der Waals surface area contributed by atoms with Crippen molar-refractivity contribution in [3.63, 3.8) is 0 Å². The molecule has 0 bridgehead atoms. The predicted molar refractivity (Wildman–Crippen MR) is 140 cm³/mol. The fourth-order valence-electron chi connectivity index (χ4n) is 5.81. The Balaban J connectivity index is 1.51. The highest BCUT2D eigenvalue weighted by Crippen LogP contribution is 2.35. The van der Waals surface area contributed by atoms with Crippen LogP contribution in [0.5, 0.6) is 0 Å². The van der Waals surface area contributed by atoms with E-state index >= 15 is 0 Å². The van der Waals surface area contributed by atoms with Crippen LogP contribution in [0.3, 0.4) is 0 Å². The van der Waals surface area contributed by atoms with E-state index in [1.54, 1.807) is 11.3 Å². The lowest BCUT2D eigenvalue weighted by atomic mass is 10.0. The van der Waals surface area contributed by atoms with Crippen LogP contribution in [0.1, 0.15) is 72.4 Å². The smallest absolute Gasteiger partial charge is 0.253 e. The number of rotatable bonds is 8. The summed E-state index contributed by atoms with van der Waals surface area (Å²) >= 11 is 1.73. The number of H-pyrrole nitrogens is 1. The van der Waals surface area contributed by atoms with Gasteiger partial charge in [0.25, 0.3) is 5.56 Å². The second-order valence-corrected chi connectivity index (χ2v) is 11.1. The molecule has 9 heteroatoms. The van der Waals surface area contributed by atoms with Gasteiger partial charge in [-0.25, -0.2) is 4.68 Å². The average molecular weight is 505 g/mol. The molecule has 1 aliphatic carbocycles. The molecule has 1 saturated carbocycles. The molecule has 0 spiro atoms. The summed E-state index contributed by atoms with van der Waals surface area (Å²) in [6, 6.07) is 12.3. The van der Waals surface area contributed by atoms with Crippen LogP contribution in [0, 0.1) is 6.92 Å². The maximum Gasteiger partial charge on any atom is 0.253 e. The van der Waals surface area contributed by atoms with E-state index in [0.717, 1.165) is 54.6 Å². The van der Waals surface area contributed by atoms with Crippen LogP contribution in [-0.2, 0) is 11.3 Å². The van der Waals surface area contributed by atoms with Crippen LogP contribution < -0.4 is 5.56 Å². The Morgan fingerprint density at radius 2 is 2.08 bits per heavy atom. The fourth-order valence-corrected chi connectivity index (χ4v) is 6.54. The largest absolute Gasteiger partial charge is 0.377 e. The Kier molecular flexibility index (Phi) is 6.69. The molecule has 2 aliphatic rings. The number of ether oxygens (including phenoxy) is 1. The Morgan fingerprint density at radius 3 is 2.86 bits per heavy atom. The van der Waals surface area contributed by atoms with Crippen LogP contribution in [0.2, 0.25) is 0 Å². The normalized spacial score (nSPS) is 19.6. The van der Waals surface area contributed by atoms with Gasteiger partial charge >= 0.3 is 0 Å². The van der Waals surface area contributed by atoms with Crippen molar-refractivity contribution in [3.05, 3.63) is 74.0 Å². The Morgan fingerprint density at radius 1 is 1.19 bits per heavy atom. The highest BCUT2D eigenvalue weighted by Gasteiger charge is 2.35. The van der Waals surface area contributed by atoms with Gasteiger partial charge in [-0.1, -0.05) is 37.1 Å². The summed E-state index contributed by atoms with van der Waals surface area (Å²) in [7, 11) is 0. The van der Waals surface area contributed by atoms with Crippen LogP contribution in [0.4, 0.5) is 0 Å². The monoisotopic (exact) mass is 504 g/mol. The minimum absolute atomic E-state index is 0.0914. The zero-order valence-corrected chi connectivity index (χ0v) is 21.4. The van der Waals surface area contributed by atoms with Gasteiger partial charge < -0.3 is 9.72 Å². The van der Waals surface area contributed by atoms with E-state index in [9.17, 15) is 4.79 Å². The van der Waals surface area contributed by atoms with Crippen molar-refractivity contribution in [1.29, 1.82) is 0 Å².